The van der Waals surface area contributed by atoms with Crippen LogP contribution in [0.5, 0.6) is 0 Å². The van der Waals surface area contributed by atoms with Crippen molar-refractivity contribution in [3.8, 4) is 0 Å². The third-order valence-electron chi connectivity index (χ3n) is 4.18. The van der Waals surface area contributed by atoms with E-state index in [-0.39, 0.29) is 18.6 Å². The lowest BCUT2D eigenvalue weighted by atomic mass is 9.89. The lowest BCUT2D eigenvalue weighted by Gasteiger charge is -2.27. The number of carboxylic acids is 1. The van der Waals surface area contributed by atoms with Crippen LogP contribution in [0.1, 0.15) is 46.0 Å². The molecule has 2 atom stereocenters. The Morgan fingerprint density at radius 2 is 1.95 bits per heavy atom. The fourth-order valence-electron chi connectivity index (χ4n) is 2.81. The fraction of sp³-hybridized carbons (Fsp3) is 0.857. The molecule has 0 heterocycles. The summed E-state index contributed by atoms with van der Waals surface area (Å²) in [5, 5.41) is 11.0. The first-order valence-electron chi connectivity index (χ1n) is 7.14. The van der Waals surface area contributed by atoms with Gasteiger partial charge in [-0.1, -0.05) is 26.7 Å². The van der Waals surface area contributed by atoms with Gasteiger partial charge in [0.05, 0.1) is 0 Å². The van der Waals surface area contributed by atoms with E-state index in [1.165, 1.54) is 6.42 Å². The van der Waals surface area contributed by atoms with E-state index in [1.807, 2.05) is 0 Å². The van der Waals surface area contributed by atoms with Gasteiger partial charge in [-0.3, -0.25) is 4.79 Å². The molecule has 2 amide bonds. The maximum Gasteiger partial charge on any atom is 0.323 e. The zero-order valence-electron chi connectivity index (χ0n) is 12.2. The summed E-state index contributed by atoms with van der Waals surface area (Å²) in [6.45, 7) is 4.20. The number of nitrogens with one attached hydrogen (secondary N) is 1. The average Bonchev–Trinajstić information content (AvgIpc) is 2.60. The quantitative estimate of drug-likeness (QED) is 0.770. The normalized spacial score (nSPS) is 23.8. The largest absolute Gasteiger partial charge is 0.480 e. The summed E-state index contributed by atoms with van der Waals surface area (Å²) < 4.78 is 0. The molecular weight excluding hydrogens is 244 g/mol. The van der Waals surface area contributed by atoms with Gasteiger partial charge in [0.2, 0.25) is 0 Å². The van der Waals surface area contributed by atoms with Crippen LogP contribution >= 0.6 is 0 Å². The van der Waals surface area contributed by atoms with E-state index in [2.05, 4.69) is 19.2 Å². The van der Waals surface area contributed by atoms with Crippen LogP contribution in [0.2, 0.25) is 0 Å². The van der Waals surface area contributed by atoms with E-state index in [4.69, 9.17) is 5.11 Å². The summed E-state index contributed by atoms with van der Waals surface area (Å²) >= 11 is 0. The van der Waals surface area contributed by atoms with Gasteiger partial charge in [-0.05, 0) is 31.1 Å². The Hall–Kier alpha value is -1.26. The SMILES string of the molecule is CC(C)C1CCCC(N(C)C(=O)NCC(=O)O)CC1. The standard InChI is InChI=1S/C14H26N2O3/c1-10(2)11-5-4-6-12(8-7-11)16(3)14(19)15-9-13(17)18/h10-12H,4-9H2,1-3H3,(H,15,19)(H,17,18). The second kappa shape index (κ2) is 7.36. The van der Waals surface area contributed by atoms with Gasteiger partial charge in [-0.25, -0.2) is 4.79 Å². The van der Waals surface area contributed by atoms with Gasteiger partial charge in [-0.15, -0.1) is 0 Å². The minimum Gasteiger partial charge on any atom is -0.480 e. The molecule has 0 aromatic rings. The van der Waals surface area contributed by atoms with Crippen molar-refractivity contribution in [1.82, 2.24) is 10.2 Å². The molecule has 1 saturated carbocycles. The zero-order valence-corrected chi connectivity index (χ0v) is 12.2. The summed E-state index contributed by atoms with van der Waals surface area (Å²) in [7, 11) is 1.76. The zero-order chi connectivity index (χ0) is 14.4. The summed E-state index contributed by atoms with van der Waals surface area (Å²) in [6, 6.07) is -0.0482. The van der Waals surface area contributed by atoms with E-state index in [0.717, 1.165) is 31.6 Å². The molecule has 1 aliphatic carbocycles. The molecule has 0 aromatic carbocycles. The predicted molar refractivity (Wildman–Crippen MR) is 74.0 cm³/mol. The number of aliphatic carboxylic acids is 1. The Balaban J connectivity index is 2.46. The smallest absolute Gasteiger partial charge is 0.323 e. The molecule has 1 aliphatic rings. The van der Waals surface area contributed by atoms with Crippen molar-refractivity contribution in [2.45, 2.75) is 52.0 Å². The molecule has 110 valence electrons. The minimum absolute atomic E-state index is 0.234. The second-order valence-corrected chi connectivity index (χ2v) is 5.83. The topological polar surface area (TPSA) is 69.6 Å². The number of carbonyl (C=O) groups is 2. The van der Waals surface area contributed by atoms with Gasteiger partial charge < -0.3 is 15.3 Å². The van der Waals surface area contributed by atoms with Gasteiger partial charge >= 0.3 is 12.0 Å². The van der Waals surface area contributed by atoms with E-state index in [0.29, 0.717) is 5.92 Å². The van der Waals surface area contributed by atoms with Crippen LogP contribution in [0.4, 0.5) is 4.79 Å². The average molecular weight is 270 g/mol. The highest BCUT2D eigenvalue weighted by Gasteiger charge is 2.25. The number of hydrogen-bond donors (Lipinski definition) is 2. The molecule has 2 unspecified atom stereocenters. The second-order valence-electron chi connectivity index (χ2n) is 5.83. The van der Waals surface area contributed by atoms with Crippen molar-refractivity contribution >= 4 is 12.0 Å². The molecule has 0 bridgehead atoms. The van der Waals surface area contributed by atoms with E-state index in [9.17, 15) is 9.59 Å². The maximum atomic E-state index is 11.8. The van der Waals surface area contributed by atoms with Crippen molar-refractivity contribution in [3.05, 3.63) is 0 Å². The number of carboxylic acid groups (broad SMARTS) is 1. The Kier molecular flexibility index (Phi) is 6.12. The molecule has 0 spiro atoms. The number of urea groups is 1. The molecule has 0 aromatic heterocycles. The van der Waals surface area contributed by atoms with Crippen LogP contribution in [-0.2, 0) is 4.79 Å². The molecule has 0 radical (unpaired) electrons. The lowest BCUT2D eigenvalue weighted by molar-refractivity contribution is -0.135. The van der Waals surface area contributed by atoms with E-state index in [1.54, 1.807) is 11.9 Å². The Bertz CT molecular complexity index is 318. The number of rotatable bonds is 4. The lowest BCUT2D eigenvalue weighted by Crippen LogP contribution is -2.45. The number of hydrogen-bond acceptors (Lipinski definition) is 2. The van der Waals surface area contributed by atoms with Gasteiger partial charge in [0, 0.05) is 13.1 Å². The highest BCUT2D eigenvalue weighted by molar-refractivity contribution is 5.79. The number of amides is 2. The molecular formula is C14H26N2O3. The van der Waals surface area contributed by atoms with E-state index < -0.39 is 5.97 Å². The van der Waals surface area contributed by atoms with Crippen molar-refractivity contribution in [1.29, 1.82) is 0 Å². The molecule has 19 heavy (non-hydrogen) atoms. The van der Waals surface area contributed by atoms with Crippen molar-refractivity contribution < 1.29 is 14.7 Å². The van der Waals surface area contributed by atoms with Gasteiger partial charge in [0.1, 0.15) is 6.54 Å². The summed E-state index contributed by atoms with van der Waals surface area (Å²) in [5.41, 5.74) is 0. The Morgan fingerprint density at radius 3 is 2.53 bits per heavy atom. The van der Waals surface area contributed by atoms with Gasteiger partial charge in [-0.2, -0.15) is 0 Å². The fourth-order valence-corrected chi connectivity index (χ4v) is 2.81. The van der Waals surface area contributed by atoms with Gasteiger partial charge in [0.25, 0.3) is 0 Å². The van der Waals surface area contributed by atoms with Crippen LogP contribution in [0.3, 0.4) is 0 Å². The first kappa shape index (κ1) is 15.8. The Labute approximate surface area is 115 Å². The van der Waals surface area contributed by atoms with Gasteiger partial charge in [0.15, 0.2) is 0 Å². The molecule has 0 saturated heterocycles. The first-order valence-corrected chi connectivity index (χ1v) is 7.14. The summed E-state index contributed by atoms with van der Waals surface area (Å²) in [5.74, 6) is 0.438. The van der Waals surface area contributed by atoms with E-state index >= 15 is 0 Å². The summed E-state index contributed by atoms with van der Waals surface area (Å²) in [6.07, 6.45) is 5.56. The molecule has 5 nitrogen and oxygen atoms in total. The monoisotopic (exact) mass is 270 g/mol. The molecule has 0 aliphatic heterocycles. The van der Waals surface area contributed by atoms with Crippen LogP contribution in [-0.4, -0.2) is 41.6 Å². The number of carbonyl (C=O) groups excluding carboxylic acids is 1. The molecule has 2 N–H and O–H groups in total. The number of nitrogens with zero attached hydrogens (tertiary/aromatic N) is 1. The first-order chi connectivity index (χ1) is 8.91. The Morgan fingerprint density at radius 1 is 1.26 bits per heavy atom. The highest BCUT2D eigenvalue weighted by atomic mass is 16.4. The third-order valence-corrected chi connectivity index (χ3v) is 4.18. The molecule has 1 fully saturated rings. The van der Waals surface area contributed by atoms with Crippen LogP contribution < -0.4 is 5.32 Å². The maximum absolute atomic E-state index is 11.8. The summed E-state index contributed by atoms with van der Waals surface area (Å²) in [4.78, 5) is 23.9. The van der Waals surface area contributed by atoms with Crippen LogP contribution in [0.25, 0.3) is 0 Å². The third kappa shape index (κ3) is 5.09. The highest BCUT2D eigenvalue weighted by Crippen LogP contribution is 2.30. The van der Waals surface area contributed by atoms with Crippen LogP contribution in [0.15, 0.2) is 0 Å². The van der Waals surface area contributed by atoms with Crippen molar-refractivity contribution in [3.63, 3.8) is 0 Å². The molecule has 1 rings (SSSR count). The van der Waals surface area contributed by atoms with Crippen molar-refractivity contribution in [2.24, 2.45) is 11.8 Å². The predicted octanol–water partition coefficient (Wildman–Crippen LogP) is 2.32. The van der Waals surface area contributed by atoms with Crippen molar-refractivity contribution in [2.75, 3.05) is 13.6 Å². The molecule has 5 heteroatoms. The minimum atomic E-state index is -1.01. The van der Waals surface area contributed by atoms with Crippen LogP contribution in [0, 0.1) is 11.8 Å².